The number of rotatable bonds is 9. The lowest BCUT2D eigenvalue weighted by Gasteiger charge is -2.26. The van der Waals surface area contributed by atoms with E-state index in [4.69, 9.17) is 4.74 Å². The molecule has 0 spiro atoms. The molecule has 0 fully saturated rings. The minimum absolute atomic E-state index is 0.537. The monoisotopic (exact) mass is 497 g/mol. The molecule has 3 heteroatoms. The number of para-hydroxylation sites is 1. The molecule has 5 aromatic rings. The summed E-state index contributed by atoms with van der Waals surface area (Å²) in [5.41, 5.74) is 7.80. The van der Waals surface area contributed by atoms with E-state index < -0.39 is 6.29 Å². The van der Waals surface area contributed by atoms with Crippen LogP contribution in [0.5, 0.6) is 5.75 Å². The zero-order valence-electron chi connectivity index (χ0n) is 21.4. The fourth-order valence-corrected chi connectivity index (χ4v) is 4.39. The molecule has 0 bridgehead atoms. The topological polar surface area (TPSA) is 32.7 Å². The van der Waals surface area contributed by atoms with Crippen molar-refractivity contribution in [1.29, 1.82) is 0 Å². The second-order valence-corrected chi connectivity index (χ2v) is 9.03. The van der Waals surface area contributed by atoms with E-state index in [1.165, 1.54) is 16.7 Å². The zero-order chi connectivity index (χ0) is 26.2. The molecule has 3 nitrogen and oxygen atoms in total. The smallest absolute Gasteiger partial charge is 0.197 e. The van der Waals surface area contributed by atoms with E-state index in [0.29, 0.717) is 12.2 Å². The van der Waals surface area contributed by atoms with Gasteiger partial charge in [-0.3, -0.25) is 0 Å². The molecule has 5 aromatic carbocycles. The molecule has 1 unspecified atom stereocenters. The van der Waals surface area contributed by atoms with Crippen LogP contribution in [0.1, 0.15) is 30.0 Å². The predicted molar refractivity (Wildman–Crippen MR) is 158 cm³/mol. The van der Waals surface area contributed by atoms with Crippen LogP contribution in [0.25, 0.3) is 11.6 Å². The number of hydrogen-bond donors (Lipinski definition) is 1. The van der Waals surface area contributed by atoms with Gasteiger partial charge in [-0.05, 0) is 76.9 Å². The highest BCUT2D eigenvalue weighted by molar-refractivity contribution is 5.91. The summed E-state index contributed by atoms with van der Waals surface area (Å²) in [7, 11) is 0. The summed E-state index contributed by atoms with van der Waals surface area (Å²) in [6.45, 7) is 1.89. The van der Waals surface area contributed by atoms with E-state index in [-0.39, 0.29) is 0 Å². The van der Waals surface area contributed by atoms with E-state index >= 15 is 0 Å². The zero-order valence-corrected chi connectivity index (χ0v) is 21.4. The molecule has 0 radical (unpaired) electrons. The second-order valence-electron chi connectivity index (χ2n) is 9.03. The normalized spacial score (nSPS) is 11.4. The average Bonchev–Trinajstić information content (AvgIpc) is 2.99. The van der Waals surface area contributed by atoms with Crippen LogP contribution in [0.2, 0.25) is 0 Å². The van der Waals surface area contributed by atoms with Gasteiger partial charge in [0, 0.05) is 23.5 Å². The van der Waals surface area contributed by atoms with Crippen LogP contribution in [-0.2, 0) is 0 Å². The highest BCUT2D eigenvalue weighted by Gasteiger charge is 2.13. The van der Waals surface area contributed by atoms with Gasteiger partial charge in [0.2, 0.25) is 0 Å². The van der Waals surface area contributed by atoms with Crippen LogP contribution in [-0.4, -0.2) is 11.4 Å². The number of benzene rings is 5. The fourth-order valence-electron chi connectivity index (χ4n) is 4.39. The molecular formula is C35H31NO2. The number of aliphatic hydroxyl groups excluding tert-OH is 1. The molecule has 0 saturated heterocycles. The van der Waals surface area contributed by atoms with Gasteiger partial charge in [-0.25, -0.2) is 0 Å². The Morgan fingerprint density at radius 1 is 0.632 bits per heavy atom. The van der Waals surface area contributed by atoms with E-state index in [2.05, 4.69) is 95.9 Å². The quantitative estimate of drug-likeness (QED) is 0.163. The fraction of sp³-hybridized carbons (Fsp3) is 0.0857. The largest absolute Gasteiger partial charge is 0.465 e. The van der Waals surface area contributed by atoms with E-state index in [1.807, 2.05) is 61.5 Å². The molecule has 1 atom stereocenters. The summed E-state index contributed by atoms with van der Waals surface area (Å²) in [5.74, 6) is 0.644. The summed E-state index contributed by atoms with van der Waals surface area (Å²) in [6, 6.07) is 47.7. The minimum Gasteiger partial charge on any atom is -0.465 e. The van der Waals surface area contributed by atoms with Crippen molar-refractivity contribution in [3.8, 4) is 5.75 Å². The third kappa shape index (κ3) is 6.03. The van der Waals surface area contributed by atoms with Crippen molar-refractivity contribution >= 4 is 28.7 Å². The summed E-state index contributed by atoms with van der Waals surface area (Å²) in [6.07, 6.45) is 1.98. The van der Waals surface area contributed by atoms with Crippen LogP contribution < -0.4 is 9.64 Å². The van der Waals surface area contributed by atoms with Gasteiger partial charge in [-0.1, -0.05) is 97.9 Å². The van der Waals surface area contributed by atoms with Crippen LogP contribution in [0, 0.1) is 0 Å². The van der Waals surface area contributed by atoms with Gasteiger partial charge in [0.25, 0.3) is 0 Å². The number of nitrogens with zero attached hydrogens (tertiary/aromatic N) is 1. The molecule has 0 aliphatic carbocycles. The molecule has 5 rings (SSSR count). The molecule has 38 heavy (non-hydrogen) atoms. The van der Waals surface area contributed by atoms with Crippen molar-refractivity contribution in [1.82, 2.24) is 0 Å². The summed E-state index contributed by atoms with van der Waals surface area (Å²) in [5, 5.41) is 9.84. The molecule has 0 heterocycles. The number of hydrogen-bond acceptors (Lipinski definition) is 3. The van der Waals surface area contributed by atoms with Gasteiger partial charge in [0.15, 0.2) is 6.29 Å². The van der Waals surface area contributed by atoms with Gasteiger partial charge < -0.3 is 14.7 Å². The molecule has 1 N–H and O–H groups in total. The Morgan fingerprint density at radius 2 is 1.08 bits per heavy atom. The van der Waals surface area contributed by atoms with Crippen molar-refractivity contribution in [2.24, 2.45) is 0 Å². The Morgan fingerprint density at radius 3 is 1.58 bits per heavy atom. The lowest BCUT2D eigenvalue weighted by molar-refractivity contribution is -0.0191. The highest BCUT2D eigenvalue weighted by atomic mass is 16.6. The van der Waals surface area contributed by atoms with Crippen molar-refractivity contribution < 1.29 is 9.84 Å². The van der Waals surface area contributed by atoms with Gasteiger partial charge >= 0.3 is 0 Å². The average molecular weight is 498 g/mol. The molecule has 0 amide bonds. The molecular weight excluding hydrogens is 466 g/mol. The van der Waals surface area contributed by atoms with Crippen LogP contribution in [0.15, 0.2) is 140 Å². The Bertz CT molecular complexity index is 1400. The van der Waals surface area contributed by atoms with Gasteiger partial charge in [0.05, 0.1) is 0 Å². The van der Waals surface area contributed by atoms with E-state index in [0.717, 1.165) is 22.6 Å². The Balaban J connectivity index is 1.49. The second kappa shape index (κ2) is 12.1. The van der Waals surface area contributed by atoms with E-state index in [9.17, 15) is 5.11 Å². The first-order chi connectivity index (χ1) is 18.7. The van der Waals surface area contributed by atoms with Gasteiger partial charge in [0.1, 0.15) is 5.75 Å². The van der Waals surface area contributed by atoms with Crippen LogP contribution in [0.3, 0.4) is 0 Å². The predicted octanol–water partition coefficient (Wildman–Crippen LogP) is 8.85. The summed E-state index contributed by atoms with van der Waals surface area (Å²) in [4.78, 5) is 2.21. The molecule has 188 valence electrons. The highest BCUT2D eigenvalue weighted by Crippen LogP contribution is 2.36. The van der Waals surface area contributed by atoms with Crippen molar-refractivity contribution in [2.75, 3.05) is 4.90 Å². The lowest BCUT2D eigenvalue weighted by atomic mass is 9.95. The minimum atomic E-state index is -0.802. The first-order valence-corrected chi connectivity index (χ1v) is 12.9. The Hall–Kier alpha value is -4.60. The maximum Gasteiger partial charge on any atom is 0.197 e. The van der Waals surface area contributed by atoms with Crippen LogP contribution in [0.4, 0.5) is 17.1 Å². The molecule has 0 aliphatic rings. The Labute approximate surface area is 224 Å². The standard InChI is InChI=1S/C35H31NO2/c1-2-35(37)38-33-24-22-32(23-25-33)36(30-16-10-5-11-17-30)31-20-18-27(19-21-31)26-34(28-12-6-3-7-13-28)29-14-8-4-9-15-29/h3-26,35,37H,2H2,1H3. The molecule has 0 saturated carbocycles. The number of anilines is 3. The number of aliphatic hydroxyl groups is 1. The third-order valence-corrected chi connectivity index (χ3v) is 6.36. The summed E-state index contributed by atoms with van der Waals surface area (Å²) < 4.78 is 5.57. The number of ether oxygens (including phenoxy) is 1. The molecule has 0 aliphatic heterocycles. The maximum absolute atomic E-state index is 9.84. The summed E-state index contributed by atoms with van der Waals surface area (Å²) >= 11 is 0. The molecule has 0 aromatic heterocycles. The Kier molecular flexibility index (Phi) is 7.98. The van der Waals surface area contributed by atoms with E-state index in [1.54, 1.807) is 0 Å². The SMILES string of the molecule is CCC(O)Oc1ccc(N(c2ccccc2)c2ccc(C=C(c3ccccc3)c3ccccc3)cc2)cc1. The van der Waals surface area contributed by atoms with Crippen molar-refractivity contribution in [3.63, 3.8) is 0 Å². The van der Waals surface area contributed by atoms with Gasteiger partial charge in [-0.2, -0.15) is 0 Å². The maximum atomic E-state index is 9.84. The first-order valence-electron chi connectivity index (χ1n) is 12.9. The first kappa shape index (κ1) is 25.1. The lowest BCUT2D eigenvalue weighted by Crippen LogP contribution is -2.14. The van der Waals surface area contributed by atoms with Gasteiger partial charge in [-0.15, -0.1) is 0 Å². The van der Waals surface area contributed by atoms with Crippen molar-refractivity contribution in [3.05, 3.63) is 156 Å². The third-order valence-electron chi connectivity index (χ3n) is 6.36. The van der Waals surface area contributed by atoms with Crippen LogP contribution >= 0.6 is 0 Å². The van der Waals surface area contributed by atoms with Crippen molar-refractivity contribution in [2.45, 2.75) is 19.6 Å².